The summed E-state index contributed by atoms with van der Waals surface area (Å²) >= 11 is 0. The second kappa shape index (κ2) is 7.73. The Morgan fingerprint density at radius 3 is 2.89 bits per heavy atom. The second-order valence-electron chi connectivity index (χ2n) is 4.24. The summed E-state index contributed by atoms with van der Waals surface area (Å²) in [5.41, 5.74) is 0.534. The lowest BCUT2D eigenvalue weighted by Crippen LogP contribution is -2.08. The third kappa shape index (κ3) is 4.77. The topological polar surface area (TPSA) is 29.5 Å². The Labute approximate surface area is 108 Å². The minimum atomic E-state index is -0.334. The molecule has 2 nitrogen and oxygen atoms in total. The van der Waals surface area contributed by atoms with Crippen molar-refractivity contribution in [2.24, 2.45) is 5.92 Å². The predicted octanol–water partition coefficient (Wildman–Crippen LogP) is 2.98. The molecule has 0 fully saturated rings. The maximum Gasteiger partial charge on any atom is 0.135 e. The molecule has 98 valence electrons. The van der Waals surface area contributed by atoms with Gasteiger partial charge in [0.2, 0.25) is 0 Å². The lowest BCUT2D eigenvalue weighted by atomic mass is 10.1. The maximum absolute atomic E-state index is 13.1. The molecule has 1 N–H and O–H groups in total. The van der Waals surface area contributed by atoms with Crippen LogP contribution < -0.4 is 4.74 Å². The van der Waals surface area contributed by atoms with E-state index in [4.69, 9.17) is 9.84 Å². The van der Waals surface area contributed by atoms with Crippen molar-refractivity contribution in [2.45, 2.75) is 26.7 Å². The zero-order valence-corrected chi connectivity index (χ0v) is 10.9. The molecule has 0 aliphatic carbocycles. The molecule has 0 aromatic heterocycles. The van der Waals surface area contributed by atoms with E-state index in [0.717, 1.165) is 6.42 Å². The van der Waals surface area contributed by atoms with Crippen molar-refractivity contribution in [3.05, 3.63) is 29.6 Å². The number of benzene rings is 1. The van der Waals surface area contributed by atoms with Crippen LogP contribution in [0.1, 0.15) is 32.3 Å². The zero-order chi connectivity index (χ0) is 13.4. The van der Waals surface area contributed by atoms with E-state index < -0.39 is 0 Å². The van der Waals surface area contributed by atoms with Crippen molar-refractivity contribution in [3.63, 3.8) is 0 Å². The van der Waals surface area contributed by atoms with Gasteiger partial charge in [-0.3, -0.25) is 0 Å². The van der Waals surface area contributed by atoms with Gasteiger partial charge in [-0.2, -0.15) is 0 Å². The molecule has 18 heavy (non-hydrogen) atoms. The molecular weight excluding hydrogens is 231 g/mol. The highest BCUT2D eigenvalue weighted by atomic mass is 19.1. The van der Waals surface area contributed by atoms with Gasteiger partial charge in [0.25, 0.3) is 0 Å². The Kier molecular flexibility index (Phi) is 6.24. The highest BCUT2D eigenvalue weighted by Gasteiger charge is 2.05. The summed E-state index contributed by atoms with van der Waals surface area (Å²) < 4.78 is 18.8. The van der Waals surface area contributed by atoms with Crippen LogP contribution in [-0.2, 0) is 0 Å². The number of rotatable bonds is 5. The Morgan fingerprint density at radius 2 is 2.22 bits per heavy atom. The molecule has 0 aliphatic rings. The third-order valence-corrected chi connectivity index (χ3v) is 2.62. The first-order valence-corrected chi connectivity index (χ1v) is 6.19. The number of aliphatic hydroxyl groups is 1. The van der Waals surface area contributed by atoms with Crippen LogP contribution in [0.2, 0.25) is 0 Å². The normalized spacial score (nSPS) is 11.6. The van der Waals surface area contributed by atoms with Gasteiger partial charge in [0.1, 0.15) is 11.6 Å². The summed E-state index contributed by atoms with van der Waals surface area (Å²) in [5, 5.41) is 8.67. The molecule has 1 aromatic carbocycles. The van der Waals surface area contributed by atoms with E-state index in [1.54, 1.807) is 6.07 Å². The van der Waals surface area contributed by atoms with Gasteiger partial charge >= 0.3 is 0 Å². The standard InChI is InChI=1S/C15H19FO2/c1-3-12(2)11-18-15-8-7-14(16)10-13(15)6-4-5-9-17/h7-8,10,12,17H,3,5,9,11H2,1-2H3. The van der Waals surface area contributed by atoms with Crippen LogP contribution in [0, 0.1) is 23.6 Å². The van der Waals surface area contributed by atoms with Gasteiger partial charge in [-0.05, 0) is 24.1 Å². The zero-order valence-electron chi connectivity index (χ0n) is 10.9. The van der Waals surface area contributed by atoms with Crippen LogP contribution in [0.3, 0.4) is 0 Å². The lowest BCUT2D eigenvalue weighted by Gasteiger charge is -2.12. The predicted molar refractivity (Wildman–Crippen MR) is 69.9 cm³/mol. The van der Waals surface area contributed by atoms with E-state index >= 15 is 0 Å². The van der Waals surface area contributed by atoms with E-state index in [2.05, 4.69) is 25.7 Å². The van der Waals surface area contributed by atoms with Gasteiger partial charge in [0.05, 0.1) is 18.8 Å². The van der Waals surface area contributed by atoms with E-state index in [9.17, 15) is 4.39 Å². The first-order valence-electron chi connectivity index (χ1n) is 6.19. The first-order chi connectivity index (χ1) is 8.67. The van der Waals surface area contributed by atoms with Crippen LogP contribution in [0.5, 0.6) is 5.75 Å². The summed E-state index contributed by atoms with van der Waals surface area (Å²) in [4.78, 5) is 0. The van der Waals surface area contributed by atoms with Crippen molar-refractivity contribution >= 4 is 0 Å². The largest absolute Gasteiger partial charge is 0.492 e. The molecular formula is C15H19FO2. The maximum atomic E-state index is 13.1. The van der Waals surface area contributed by atoms with Gasteiger partial charge < -0.3 is 9.84 Å². The fourth-order valence-corrected chi connectivity index (χ4v) is 1.29. The molecule has 1 aromatic rings. The highest BCUT2D eigenvalue weighted by molar-refractivity contribution is 5.46. The van der Waals surface area contributed by atoms with E-state index in [1.165, 1.54) is 12.1 Å². The van der Waals surface area contributed by atoms with Crippen molar-refractivity contribution < 1.29 is 14.2 Å². The molecule has 1 unspecified atom stereocenters. The fraction of sp³-hybridized carbons (Fsp3) is 0.467. The van der Waals surface area contributed by atoms with Gasteiger partial charge in [-0.15, -0.1) is 0 Å². The van der Waals surface area contributed by atoms with Crippen LogP contribution in [-0.4, -0.2) is 18.3 Å². The molecule has 0 saturated heterocycles. The summed E-state index contributed by atoms with van der Waals surface area (Å²) in [5.74, 6) is 6.31. The molecule has 0 amide bonds. The minimum Gasteiger partial charge on any atom is -0.492 e. The van der Waals surface area contributed by atoms with Gasteiger partial charge in [-0.1, -0.05) is 32.1 Å². The third-order valence-electron chi connectivity index (χ3n) is 2.62. The Bertz CT molecular complexity index is 432. The number of hydrogen-bond donors (Lipinski definition) is 1. The fourth-order valence-electron chi connectivity index (χ4n) is 1.29. The van der Waals surface area contributed by atoms with Crippen molar-refractivity contribution in [1.29, 1.82) is 0 Å². The van der Waals surface area contributed by atoms with E-state index in [0.29, 0.717) is 30.3 Å². The van der Waals surface area contributed by atoms with E-state index in [-0.39, 0.29) is 12.4 Å². The molecule has 0 saturated carbocycles. The van der Waals surface area contributed by atoms with Crippen molar-refractivity contribution in [1.82, 2.24) is 0 Å². The monoisotopic (exact) mass is 250 g/mol. The summed E-state index contributed by atoms with van der Waals surface area (Å²) in [6, 6.07) is 4.32. The number of aliphatic hydroxyl groups excluding tert-OH is 1. The quantitative estimate of drug-likeness (QED) is 0.814. The van der Waals surface area contributed by atoms with Gasteiger partial charge in [0, 0.05) is 6.42 Å². The molecule has 0 radical (unpaired) electrons. The molecule has 0 bridgehead atoms. The molecule has 1 atom stereocenters. The summed E-state index contributed by atoms with van der Waals surface area (Å²) in [7, 11) is 0. The van der Waals surface area contributed by atoms with Crippen molar-refractivity contribution in [3.8, 4) is 17.6 Å². The average Bonchev–Trinajstić information content (AvgIpc) is 2.37. The van der Waals surface area contributed by atoms with Gasteiger partial charge in [0.15, 0.2) is 0 Å². The van der Waals surface area contributed by atoms with Gasteiger partial charge in [-0.25, -0.2) is 4.39 Å². The first kappa shape index (κ1) is 14.5. The Hall–Kier alpha value is -1.53. The number of hydrogen-bond acceptors (Lipinski definition) is 2. The number of ether oxygens (including phenoxy) is 1. The highest BCUT2D eigenvalue weighted by Crippen LogP contribution is 2.20. The van der Waals surface area contributed by atoms with Crippen LogP contribution in [0.4, 0.5) is 4.39 Å². The Morgan fingerprint density at radius 1 is 1.44 bits per heavy atom. The lowest BCUT2D eigenvalue weighted by molar-refractivity contribution is 0.255. The SMILES string of the molecule is CCC(C)COc1ccc(F)cc1C#CCCO. The second-order valence-corrected chi connectivity index (χ2v) is 4.24. The smallest absolute Gasteiger partial charge is 0.135 e. The van der Waals surface area contributed by atoms with E-state index in [1.807, 2.05) is 0 Å². The molecule has 3 heteroatoms. The minimum absolute atomic E-state index is 0.00533. The molecule has 0 aliphatic heterocycles. The summed E-state index contributed by atoms with van der Waals surface area (Å²) in [6.45, 7) is 4.80. The Balaban J connectivity index is 2.80. The van der Waals surface area contributed by atoms with Crippen LogP contribution in [0.15, 0.2) is 18.2 Å². The van der Waals surface area contributed by atoms with Crippen molar-refractivity contribution in [2.75, 3.05) is 13.2 Å². The average molecular weight is 250 g/mol. The van der Waals surface area contributed by atoms with Crippen LogP contribution >= 0.6 is 0 Å². The summed E-state index contributed by atoms with van der Waals surface area (Å²) in [6.07, 6.45) is 1.41. The molecule has 0 heterocycles. The molecule has 1 rings (SSSR count). The van der Waals surface area contributed by atoms with Crippen LogP contribution in [0.25, 0.3) is 0 Å². The number of halogens is 1. The molecule has 0 spiro atoms.